The van der Waals surface area contributed by atoms with Crippen LogP contribution in [0.2, 0.25) is 0 Å². The van der Waals surface area contributed by atoms with E-state index in [0.29, 0.717) is 18.9 Å². The summed E-state index contributed by atoms with van der Waals surface area (Å²) in [5.41, 5.74) is 1.05. The number of benzene rings is 1. The van der Waals surface area contributed by atoms with Crippen molar-refractivity contribution in [1.82, 2.24) is 10.2 Å². The van der Waals surface area contributed by atoms with E-state index in [0.717, 1.165) is 5.56 Å². The molecule has 1 heterocycles. The van der Waals surface area contributed by atoms with Crippen LogP contribution in [0.1, 0.15) is 25.8 Å². The summed E-state index contributed by atoms with van der Waals surface area (Å²) in [5.74, 6) is 0.337. The number of amides is 2. The fourth-order valence-corrected chi connectivity index (χ4v) is 2.34. The van der Waals surface area contributed by atoms with Gasteiger partial charge in [0.2, 0.25) is 11.8 Å². The first-order valence-electron chi connectivity index (χ1n) is 6.68. The van der Waals surface area contributed by atoms with E-state index in [1.54, 1.807) is 4.90 Å². The number of hydrogen-bond acceptors (Lipinski definition) is 2. The molecule has 1 aliphatic rings. The minimum absolute atomic E-state index is 0.0251. The SMILES string of the molecule is CC(C)C[C@@H]1NC(=O)CN(Cc2ccccc2)C1=O. The standard InChI is InChI=1S/C15H20N2O2/c1-11(2)8-13-15(19)17(10-14(18)16-13)9-12-6-4-3-5-7-12/h3-7,11,13H,8-10H2,1-2H3,(H,16,18)/t13-/m0/s1. The number of rotatable bonds is 4. The van der Waals surface area contributed by atoms with Crippen molar-refractivity contribution in [3.63, 3.8) is 0 Å². The van der Waals surface area contributed by atoms with Crippen molar-refractivity contribution in [2.45, 2.75) is 32.9 Å². The van der Waals surface area contributed by atoms with Gasteiger partial charge in [0.25, 0.3) is 0 Å². The van der Waals surface area contributed by atoms with E-state index in [9.17, 15) is 9.59 Å². The van der Waals surface area contributed by atoms with E-state index in [-0.39, 0.29) is 24.4 Å². The van der Waals surface area contributed by atoms with E-state index in [1.807, 2.05) is 30.3 Å². The van der Waals surface area contributed by atoms with Crippen LogP contribution in [0.5, 0.6) is 0 Å². The van der Waals surface area contributed by atoms with Crippen LogP contribution in [-0.2, 0) is 16.1 Å². The van der Waals surface area contributed by atoms with E-state index in [1.165, 1.54) is 0 Å². The third kappa shape index (κ3) is 3.56. The first-order valence-corrected chi connectivity index (χ1v) is 6.68. The van der Waals surface area contributed by atoms with E-state index in [4.69, 9.17) is 0 Å². The lowest BCUT2D eigenvalue weighted by Crippen LogP contribution is -2.57. The topological polar surface area (TPSA) is 49.4 Å². The highest BCUT2D eigenvalue weighted by atomic mass is 16.2. The van der Waals surface area contributed by atoms with Crippen molar-refractivity contribution >= 4 is 11.8 Å². The monoisotopic (exact) mass is 260 g/mol. The fourth-order valence-electron chi connectivity index (χ4n) is 2.34. The van der Waals surface area contributed by atoms with Gasteiger partial charge in [0, 0.05) is 6.54 Å². The lowest BCUT2D eigenvalue weighted by atomic mass is 10.0. The molecule has 0 bridgehead atoms. The molecule has 2 rings (SSSR count). The molecular weight excluding hydrogens is 240 g/mol. The summed E-state index contributed by atoms with van der Waals surface area (Å²) in [5, 5.41) is 2.78. The number of piperazine rings is 1. The van der Waals surface area contributed by atoms with Crippen LogP contribution in [-0.4, -0.2) is 29.3 Å². The van der Waals surface area contributed by atoms with Gasteiger partial charge in [0.15, 0.2) is 0 Å². The summed E-state index contributed by atoms with van der Waals surface area (Å²) in [6, 6.07) is 9.39. The molecule has 0 aromatic heterocycles. The number of hydrogen-bond donors (Lipinski definition) is 1. The van der Waals surface area contributed by atoms with Crippen LogP contribution in [0.4, 0.5) is 0 Å². The van der Waals surface area contributed by atoms with Crippen molar-refractivity contribution in [2.24, 2.45) is 5.92 Å². The maximum absolute atomic E-state index is 12.3. The molecule has 1 fully saturated rings. The maximum Gasteiger partial charge on any atom is 0.245 e. The summed E-state index contributed by atoms with van der Waals surface area (Å²) in [6.07, 6.45) is 0.690. The molecule has 4 nitrogen and oxygen atoms in total. The van der Waals surface area contributed by atoms with E-state index >= 15 is 0 Å². The number of nitrogens with zero attached hydrogens (tertiary/aromatic N) is 1. The summed E-state index contributed by atoms with van der Waals surface area (Å²) >= 11 is 0. The van der Waals surface area contributed by atoms with Crippen LogP contribution >= 0.6 is 0 Å². The van der Waals surface area contributed by atoms with Crippen LogP contribution in [0.15, 0.2) is 30.3 Å². The Balaban J connectivity index is 2.07. The average Bonchev–Trinajstić information content (AvgIpc) is 2.35. The summed E-state index contributed by atoms with van der Waals surface area (Å²) < 4.78 is 0. The Labute approximate surface area is 113 Å². The Bertz CT molecular complexity index is 456. The summed E-state index contributed by atoms with van der Waals surface area (Å²) in [4.78, 5) is 25.7. The highest BCUT2D eigenvalue weighted by Crippen LogP contribution is 2.14. The summed E-state index contributed by atoms with van der Waals surface area (Å²) in [6.45, 7) is 4.76. The number of carbonyl (C=O) groups is 2. The first-order chi connectivity index (χ1) is 9.06. The fraction of sp³-hybridized carbons (Fsp3) is 0.467. The molecule has 0 saturated carbocycles. The highest BCUT2D eigenvalue weighted by molar-refractivity contribution is 5.94. The molecule has 1 N–H and O–H groups in total. The van der Waals surface area contributed by atoms with Gasteiger partial charge in [-0.2, -0.15) is 0 Å². The van der Waals surface area contributed by atoms with Crippen LogP contribution in [0.25, 0.3) is 0 Å². The molecule has 4 heteroatoms. The largest absolute Gasteiger partial charge is 0.343 e. The quantitative estimate of drug-likeness (QED) is 0.893. The Morgan fingerprint density at radius 2 is 1.95 bits per heavy atom. The van der Waals surface area contributed by atoms with Gasteiger partial charge in [0.1, 0.15) is 6.04 Å². The smallest absolute Gasteiger partial charge is 0.245 e. The molecule has 0 unspecified atom stereocenters. The lowest BCUT2D eigenvalue weighted by Gasteiger charge is -2.33. The zero-order valence-corrected chi connectivity index (χ0v) is 11.4. The van der Waals surface area contributed by atoms with Gasteiger partial charge in [0.05, 0.1) is 6.54 Å². The lowest BCUT2D eigenvalue weighted by molar-refractivity contribution is -0.145. The molecular formula is C15H20N2O2. The van der Waals surface area contributed by atoms with Crippen molar-refractivity contribution in [3.05, 3.63) is 35.9 Å². The molecule has 0 aliphatic carbocycles. The predicted octanol–water partition coefficient (Wildman–Crippen LogP) is 1.56. The summed E-state index contributed by atoms with van der Waals surface area (Å²) in [7, 11) is 0. The van der Waals surface area contributed by atoms with Gasteiger partial charge >= 0.3 is 0 Å². The molecule has 0 radical (unpaired) electrons. The normalized spacial score (nSPS) is 19.7. The van der Waals surface area contributed by atoms with Gasteiger partial charge in [-0.1, -0.05) is 44.2 Å². The van der Waals surface area contributed by atoms with Crippen molar-refractivity contribution in [2.75, 3.05) is 6.54 Å². The highest BCUT2D eigenvalue weighted by Gasteiger charge is 2.32. The first kappa shape index (κ1) is 13.6. The van der Waals surface area contributed by atoms with E-state index in [2.05, 4.69) is 19.2 Å². The third-order valence-electron chi connectivity index (χ3n) is 3.20. The Morgan fingerprint density at radius 1 is 1.26 bits per heavy atom. The van der Waals surface area contributed by atoms with Crippen molar-refractivity contribution in [3.8, 4) is 0 Å². The predicted molar refractivity (Wildman–Crippen MR) is 73.2 cm³/mol. The number of carbonyl (C=O) groups excluding carboxylic acids is 2. The maximum atomic E-state index is 12.3. The molecule has 102 valence electrons. The molecule has 1 aromatic carbocycles. The van der Waals surface area contributed by atoms with Gasteiger partial charge in [-0.15, -0.1) is 0 Å². The molecule has 0 spiro atoms. The van der Waals surface area contributed by atoms with E-state index < -0.39 is 0 Å². The minimum Gasteiger partial charge on any atom is -0.343 e. The van der Waals surface area contributed by atoms with Crippen LogP contribution in [0, 0.1) is 5.92 Å². The van der Waals surface area contributed by atoms with Crippen LogP contribution in [0.3, 0.4) is 0 Å². The Kier molecular flexibility index (Phi) is 4.20. The average molecular weight is 260 g/mol. The second-order valence-corrected chi connectivity index (χ2v) is 5.43. The third-order valence-corrected chi connectivity index (χ3v) is 3.20. The molecule has 2 amide bonds. The Morgan fingerprint density at radius 3 is 2.58 bits per heavy atom. The second kappa shape index (κ2) is 5.87. The molecule has 19 heavy (non-hydrogen) atoms. The molecule has 1 aromatic rings. The zero-order chi connectivity index (χ0) is 13.8. The van der Waals surface area contributed by atoms with Crippen LogP contribution < -0.4 is 5.32 Å². The minimum atomic E-state index is -0.370. The number of nitrogens with one attached hydrogen (secondary N) is 1. The van der Waals surface area contributed by atoms with Gasteiger partial charge in [-0.3, -0.25) is 9.59 Å². The van der Waals surface area contributed by atoms with Crippen molar-refractivity contribution < 1.29 is 9.59 Å². The second-order valence-electron chi connectivity index (χ2n) is 5.43. The molecule has 1 aliphatic heterocycles. The van der Waals surface area contributed by atoms with Gasteiger partial charge in [-0.05, 0) is 17.9 Å². The van der Waals surface area contributed by atoms with Gasteiger partial charge < -0.3 is 10.2 Å². The van der Waals surface area contributed by atoms with Crippen molar-refractivity contribution in [1.29, 1.82) is 0 Å². The molecule has 1 atom stereocenters. The zero-order valence-electron chi connectivity index (χ0n) is 11.4. The van der Waals surface area contributed by atoms with Gasteiger partial charge in [-0.25, -0.2) is 0 Å². The molecule has 1 saturated heterocycles. The Hall–Kier alpha value is -1.84.